The van der Waals surface area contributed by atoms with Crippen LogP contribution >= 0.6 is 24.8 Å². The summed E-state index contributed by atoms with van der Waals surface area (Å²) in [5.74, 6) is 0.732. The van der Waals surface area contributed by atoms with Gasteiger partial charge in [-0.2, -0.15) is 0 Å². The zero-order chi connectivity index (χ0) is 14.9. The van der Waals surface area contributed by atoms with Crippen LogP contribution in [-0.4, -0.2) is 45.0 Å². The minimum Gasteiger partial charge on any atom is -0.338 e. The summed E-state index contributed by atoms with van der Waals surface area (Å²) in [7, 11) is 0. The number of carbonyl (C=O) groups excluding carboxylic acids is 1. The van der Waals surface area contributed by atoms with E-state index in [1.807, 2.05) is 4.90 Å². The lowest BCUT2D eigenvalue weighted by Gasteiger charge is -2.22. The molecule has 1 aliphatic heterocycles. The molecule has 126 valence electrons. The highest BCUT2D eigenvalue weighted by Crippen LogP contribution is 2.29. The number of nitrogens with zero attached hydrogens (tertiary/aromatic N) is 4. The van der Waals surface area contributed by atoms with Gasteiger partial charge in [-0.05, 0) is 30.5 Å². The topological polar surface area (TPSA) is 77.0 Å². The Labute approximate surface area is 147 Å². The number of likely N-dealkylation sites (tertiary alicyclic amines) is 1. The van der Waals surface area contributed by atoms with Crippen molar-refractivity contribution in [2.45, 2.75) is 13.3 Å². The maximum atomic E-state index is 12.6. The molecule has 1 amide bonds. The molecule has 3 heterocycles. The second kappa shape index (κ2) is 7.77. The normalized spacial score (nSPS) is 19.8. The quantitative estimate of drug-likeness (QED) is 0.910. The summed E-state index contributed by atoms with van der Waals surface area (Å²) in [5.41, 5.74) is 6.48. The van der Waals surface area contributed by atoms with Crippen molar-refractivity contribution < 1.29 is 4.79 Å². The molecule has 6 nitrogen and oxygen atoms in total. The zero-order valence-electron chi connectivity index (χ0n) is 12.9. The molecule has 23 heavy (non-hydrogen) atoms. The van der Waals surface area contributed by atoms with Gasteiger partial charge in [-0.15, -0.1) is 24.8 Å². The average Bonchev–Trinajstić information content (AvgIpc) is 3.17. The Kier molecular flexibility index (Phi) is 6.56. The van der Waals surface area contributed by atoms with Gasteiger partial charge in [0.2, 0.25) is 0 Å². The Morgan fingerprint density at radius 3 is 2.78 bits per heavy atom. The first-order valence-electron chi connectivity index (χ1n) is 7.05. The van der Waals surface area contributed by atoms with Gasteiger partial charge >= 0.3 is 0 Å². The molecule has 0 saturated carbocycles. The first-order valence-corrected chi connectivity index (χ1v) is 7.05. The van der Waals surface area contributed by atoms with E-state index in [1.54, 1.807) is 41.6 Å². The molecule has 8 heteroatoms. The van der Waals surface area contributed by atoms with Crippen molar-refractivity contribution in [2.24, 2.45) is 11.1 Å². The van der Waals surface area contributed by atoms with Crippen molar-refractivity contribution in [1.29, 1.82) is 0 Å². The lowest BCUT2D eigenvalue weighted by molar-refractivity contribution is 0.0776. The van der Waals surface area contributed by atoms with Crippen LogP contribution in [0.5, 0.6) is 0 Å². The molecule has 3 rings (SSSR count). The average molecular weight is 358 g/mol. The van der Waals surface area contributed by atoms with Gasteiger partial charge < -0.3 is 10.6 Å². The Morgan fingerprint density at radius 2 is 2.17 bits per heavy atom. The fourth-order valence-electron chi connectivity index (χ4n) is 2.63. The van der Waals surface area contributed by atoms with E-state index < -0.39 is 0 Å². The molecule has 1 aliphatic rings. The van der Waals surface area contributed by atoms with Gasteiger partial charge in [0.05, 0.1) is 0 Å². The van der Waals surface area contributed by atoms with E-state index in [0.717, 1.165) is 13.0 Å². The van der Waals surface area contributed by atoms with Crippen LogP contribution in [-0.2, 0) is 0 Å². The van der Waals surface area contributed by atoms with Gasteiger partial charge in [-0.1, -0.05) is 6.92 Å². The molecule has 0 aromatic carbocycles. The van der Waals surface area contributed by atoms with E-state index in [9.17, 15) is 4.79 Å². The summed E-state index contributed by atoms with van der Waals surface area (Å²) in [4.78, 5) is 22.7. The predicted octanol–water partition coefficient (Wildman–Crippen LogP) is 1.92. The number of hydrogen-bond donors (Lipinski definition) is 1. The number of amides is 1. The highest BCUT2D eigenvalue weighted by molar-refractivity contribution is 5.94. The molecule has 0 spiro atoms. The highest BCUT2D eigenvalue weighted by atomic mass is 35.5. The Bertz CT molecular complexity index is 649. The van der Waals surface area contributed by atoms with Gasteiger partial charge in [0, 0.05) is 37.2 Å². The van der Waals surface area contributed by atoms with Gasteiger partial charge in [-0.25, -0.2) is 9.97 Å². The van der Waals surface area contributed by atoms with Crippen LogP contribution in [0.3, 0.4) is 0 Å². The van der Waals surface area contributed by atoms with Gasteiger partial charge in [0.1, 0.15) is 12.1 Å². The molecule has 1 unspecified atom stereocenters. The third-order valence-corrected chi connectivity index (χ3v) is 4.10. The first-order chi connectivity index (χ1) is 10.1. The van der Waals surface area contributed by atoms with E-state index in [0.29, 0.717) is 24.5 Å². The largest absolute Gasteiger partial charge is 0.338 e. The summed E-state index contributed by atoms with van der Waals surface area (Å²) < 4.78 is 1.78. The number of halogens is 2. The Hall–Kier alpha value is -1.63. The minimum absolute atomic E-state index is 0. The lowest BCUT2D eigenvalue weighted by Crippen LogP contribution is -2.34. The molecule has 1 fully saturated rings. The second-order valence-electron chi connectivity index (χ2n) is 5.86. The monoisotopic (exact) mass is 357 g/mol. The molecule has 1 atom stereocenters. The maximum Gasteiger partial charge on any atom is 0.254 e. The van der Waals surface area contributed by atoms with Crippen LogP contribution in [0.4, 0.5) is 0 Å². The summed E-state index contributed by atoms with van der Waals surface area (Å²) in [6.45, 7) is 4.21. The van der Waals surface area contributed by atoms with Crippen LogP contribution in [0.25, 0.3) is 5.82 Å². The third kappa shape index (κ3) is 4.02. The smallest absolute Gasteiger partial charge is 0.254 e. The van der Waals surface area contributed by atoms with Gasteiger partial charge in [-0.3, -0.25) is 9.36 Å². The summed E-state index contributed by atoms with van der Waals surface area (Å²) in [6.07, 6.45) is 7.76. The van der Waals surface area contributed by atoms with E-state index in [-0.39, 0.29) is 36.1 Å². The molecule has 0 radical (unpaired) electrons. The van der Waals surface area contributed by atoms with Crippen LogP contribution < -0.4 is 5.73 Å². The number of nitrogens with two attached hydrogens (primary N) is 1. The number of pyridine rings is 1. The molecule has 0 aliphatic carbocycles. The first kappa shape index (κ1) is 19.4. The van der Waals surface area contributed by atoms with E-state index in [2.05, 4.69) is 16.9 Å². The number of imidazole rings is 1. The fourth-order valence-corrected chi connectivity index (χ4v) is 2.63. The molecule has 1 saturated heterocycles. The molecule has 2 N–H and O–H groups in total. The molecule has 0 bridgehead atoms. The van der Waals surface area contributed by atoms with E-state index in [1.165, 1.54) is 0 Å². The summed E-state index contributed by atoms with van der Waals surface area (Å²) in [6, 6.07) is 3.54. The van der Waals surface area contributed by atoms with Crippen molar-refractivity contribution >= 4 is 30.7 Å². The number of rotatable bonds is 3. The molecule has 2 aromatic rings. The van der Waals surface area contributed by atoms with Crippen molar-refractivity contribution in [3.05, 3.63) is 42.6 Å². The second-order valence-corrected chi connectivity index (χ2v) is 5.86. The van der Waals surface area contributed by atoms with Crippen LogP contribution in [0, 0.1) is 5.41 Å². The molecular weight excluding hydrogens is 337 g/mol. The van der Waals surface area contributed by atoms with E-state index >= 15 is 0 Å². The van der Waals surface area contributed by atoms with Crippen molar-refractivity contribution in [3.63, 3.8) is 0 Å². The minimum atomic E-state index is 0. The number of carbonyl (C=O) groups is 1. The number of hydrogen-bond acceptors (Lipinski definition) is 4. The fraction of sp³-hybridized carbons (Fsp3) is 0.400. The summed E-state index contributed by atoms with van der Waals surface area (Å²) >= 11 is 0. The standard InChI is InChI=1S/C15H19N5O.2ClH/c1-15(9-16)3-6-19(10-15)14(21)12-2-4-18-13(8-12)20-7-5-17-11-20;;/h2,4-5,7-8,11H,3,6,9-10,16H2,1H3;2*1H. The zero-order valence-corrected chi connectivity index (χ0v) is 14.5. The van der Waals surface area contributed by atoms with Crippen molar-refractivity contribution in [3.8, 4) is 5.82 Å². The van der Waals surface area contributed by atoms with Crippen LogP contribution in [0.2, 0.25) is 0 Å². The Morgan fingerprint density at radius 1 is 1.39 bits per heavy atom. The van der Waals surface area contributed by atoms with Crippen LogP contribution in [0.15, 0.2) is 37.1 Å². The maximum absolute atomic E-state index is 12.6. The van der Waals surface area contributed by atoms with Crippen molar-refractivity contribution in [1.82, 2.24) is 19.4 Å². The number of aromatic nitrogens is 3. The van der Waals surface area contributed by atoms with Gasteiger partial charge in [0.15, 0.2) is 0 Å². The summed E-state index contributed by atoms with van der Waals surface area (Å²) in [5, 5.41) is 0. The SMILES string of the molecule is CC1(CN)CCN(C(=O)c2ccnc(-n3ccnc3)c2)C1.Cl.Cl. The Balaban J connectivity index is 0.00000132. The van der Waals surface area contributed by atoms with Crippen LogP contribution in [0.1, 0.15) is 23.7 Å². The highest BCUT2D eigenvalue weighted by Gasteiger charge is 2.35. The van der Waals surface area contributed by atoms with Crippen molar-refractivity contribution in [2.75, 3.05) is 19.6 Å². The third-order valence-electron chi connectivity index (χ3n) is 4.10. The molecule has 2 aromatic heterocycles. The van der Waals surface area contributed by atoms with Gasteiger partial charge in [0.25, 0.3) is 5.91 Å². The van der Waals surface area contributed by atoms with E-state index in [4.69, 9.17) is 5.73 Å². The predicted molar refractivity (Wildman–Crippen MR) is 93.5 cm³/mol. The lowest BCUT2D eigenvalue weighted by atomic mass is 9.90. The molecular formula is C15H21Cl2N5O.